The fourth-order valence-electron chi connectivity index (χ4n) is 1.62. The number of anilines is 1. The Morgan fingerprint density at radius 3 is 2.29 bits per heavy atom. The van der Waals surface area contributed by atoms with Crippen molar-refractivity contribution in [1.29, 1.82) is 0 Å². The van der Waals surface area contributed by atoms with Gasteiger partial charge in [0.15, 0.2) is 0 Å². The highest BCUT2D eigenvalue weighted by Crippen LogP contribution is 2.24. The van der Waals surface area contributed by atoms with Gasteiger partial charge in [-0.25, -0.2) is 0 Å². The minimum atomic E-state index is -0.268. The molecule has 0 radical (unpaired) electrons. The summed E-state index contributed by atoms with van der Waals surface area (Å²) in [5, 5.41) is 2.69. The molecule has 0 fully saturated rings. The van der Waals surface area contributed by atoms with Gasteiger partial charge in [-0.1, -0.05) is 45.9 Å². The lowest BCUT2D eigenvalue weighted by atomic mass is 10.0. The molecule has 0 aromatic heterocycles. The van der Waals surface area contributed by atoms with Gasteiger partial charge in [0, 0.05) is 5.69 Å². The maximum absolute atomic E-state index is 11.9. The fraction of sp³-hybridized carbons (Fsp3) is 0.500. The van der Waals surface area contributed by atoms with Crippen LogP contribution in [0.3, 0.4) is 0 Å². The van der Waals surface area contributed by atoms with Crippen molar-refractivity contribution in [2.75, 3.05) is 5.32 Å². The zero-order chi connectivity index (χ0) is 13.0. The molecule has 0 heterocycles. The van der Waals surface area contributed by atoms with Gasteiger partial charge in [0.25, 0.3) is 0 Å². The molecular formula is C14H21NOS. The standard InChI is InChI=1S/C14H21NOS/c1-9(2)11-7-5-6-8-12(11)15-14(16)13(17)10(3)4/h5-10,13,17H,1-4H3,(H,15,16). The van der Waals surface area contributed by atoms with Gasteiger partial charge in [0.1, 0.15) is 0 Å². The molecule has 0 spiro atoms. The number of rotatable bonds is 4. The number of nitrogens with one attached hydrogen (secondary N) is 1. The third-order valence-corrected chi connectivity index (χ3v) is 3.57. The van der Waals surface area contributed by atoms with Crippen LogP contribution in [0.4, 0.5) is 5.69 Å². The Kier molecular flexibility index (Phi) is 5.06. The molecule has 1 amide bonds. The van der Waals surface area contributed by atoms with Crippen LogP contribution in [0.5, 0.6) is 0 Å². The molecule has 1 atom stereocenters. The fourth-order valence-corrected chi connectivity index (χ4v) is 1.69. The van der Waals surface area contributed by atoms with Crippen LogP contribution in [0.25, 0.3) is 0 Å². The summed E-state index contributed by atoms with van der Waals surface area (Å²) in [6.45, 7) is 8.22. The molecule has 1 rings (SSSR count). The van der Waals surface area contributed by atoms with Gasteiger partial charge in [0.05, 0.1) is 5.25 Å². The highest BCUT2D eigenvalue weighted by molar-refractivity contribution is 7.81. The molecule has 1 unspecified atom stereocenters. The van der Waals surface area contributed by atoms with Crippen LogP contribution < -0.4 is 5.32 Å². The third kappa shape index (κ3) is 3.77. The van der Waals surface area contributed by atoms with Crippen LogP contribution in [-0.4, -0.2) is 11.2 Å². The van der Waals surface area contributed by atoms with Crippen molar-refractivity contribution < 1.29 is 4.79 Å². The molecule has 0 saturated carbocycles. The summed E-state index contributed by atoms with van der Waals surface area (Å²) in [6, 6.07) is 7.91. The molecule has 0 aliphatic carbocycles. The Labute approximate surface area is 109 Å². The van der Waals surface area contributed by atoms with E-state index in [1.807, 2.05) is 38.1 Å². The monoisotopic (exact) mass is 251 g/mol. The molecule has 0 aliphatic rings. The van der Waals surface area contributed by atoms with Crippen molar-refractivity contribution in [3.63, 3.8) is 0 Å². The topological polar surface area (TPSA) is 29.1 Å². The normalized spacial score (nSPS) is 12.9. The van der Waals surface area contributed by atoms with Crippen molar-refractivity contribution in [2.45, 2.75) is 38.9 Å². The zero-order valence-electron chi connectivity index (χ0n) is 10.9. The van der Waals surface area contributed by atoms with Gasteiger partial charge in [0.2, 0.25) is 5.91 Å². The number of carbonyl (C=O) groups excluding carboxylic acids is 1. The zero-order valence-corrected chi connectivity index (χ0v) is 11.8. The second-order valence-corrected chi connectivity index (χ2v) is 5.48. The molecule has 1 aromatic carbocycles. The van der Waals surface area contributed by atoms with Crippen molar-refractivity contribution in [3.8, 4) is 0 Å². The summed E-state index contributed by atoms with van der Waals surface area (Å²) in [5.41, 5.74) is 2.05. The summed E-state index contributed by atoms with van der Waals surface area (Å²) >= 11 is 4.32. The molecule has 0 saturated heterocycles. The Hall–Kier alpha value is -0.960. The van der Waals surface area contributed by atoms with Crippen molar-refractivity contribution >= 4 is 24.2 Å². The number of hydrogen-bond acceptors (Lipinski definition) is 2. The first-order valence-electron chi connectivity index (χ1n) is 6.01. The predicted octanol–water partition coefficient (Wildman–Crippen LogP) is 3.70. The van der Waals surface area contributed by atoms with E-state index in [-0.39, 0.29) is 17.1 Å². The largest absolute Gasteiger partial charge is 0.325 e. The Morgan fingerprint density at radius 1 is 1.18 bits per heavy atom. The lowest BCUT2D eigenvalue weighted by Crippen LogP contribution is -2.28. The van der Waals surface area contributed by atoms with E-state index in [4.69, 9.17) is 0 Å². The number of amides is 1. The SMILES string of the molecule is CC(C)c1ccccc1NC(=O)C(S)C(C)C. The van der Waals surface area contributed by atoms with Crippen LogP contribution >= 0.6 is 12.6 Å². The van der Waals surface area contributed by atoms with Gasteiger partial charge >= 0.3 is 0 Å². The van der Waals surface area contributed by atoms with Gasteiger partial charge < -0.3 is 5.32 Å². The molecule has 1 N–H and O–H groups in total. The summed E-state index contributed by atoms with van der Waals surface area (Å²) < 4.78 is 0. The second-order valence-electron chi connectivity index (χ2n) is 4.92. The van der Waals surface area contributed by atoms with E-state index in [0.717, 1.165) is 11.3 Å². The maximum atomic E-state index is 11.9. The van der Waals surface area contributed by atoms with E-state index in [0.29, 0.717) is 5.92 Å². The molecule has 2 nitrogen and oxygen atoms in total. The second kappa shape index (κ2) is 6.10. The van der Waals surface area contributed by atoms with E-state index >= 15 is 0 Å². The molecule has 17 heavy (non-hydrogen) atoms. The van der Waals surface area contributed by atoms with Gasteiger partial charge in [-0.3, -0.25) is 4.79 Å². The summed E-state index contributed by atoms with van der Waals surface area (Å²) in [4.78, 5) is 11.9. The maximum Gasteiger partial charge on any atom is 0.237 e. The van der Waals surface area contributed by atoms with Crippen LogP contribution in [0, 0.1) is 5.92 Å². The van der Waals surface area contributed by atoms with E-state index < -0.39 is 0 Å². The lowest BCUT2D eigenvalue weighted by Gasteiger charge is -2.18. The highest BCUT2D eigenvalue weighted by Gasteiger charge is 2.18. The first-order valence-corrected chi connectivity index (χ1v) is 6.53. The quantitative estimate of drug-likeness (QED) is 0.785. The number of para-hydroxylation sites is 1. The van der Waals surface area contributed by atoms with Gasteiger partial charge in [-0.05, 0) is 23.5 Å². The van der Waals surface area contributed by atoms with Gasteiger partial charge in [-0.15, -0.1) is 0 Å². The van der Waals surface area contributed by atoms with Crippen LogP contribution in [0.1, 0.15) is 39.2 Å². The number of thiol groups is 1. The molecule has 94 valence electrons. The Balaban J connectivity index is 2.85. The Bertz CT molecular complexity index is 388. The van der Waals surface area contributed by atoms with E-state index in [1.165, 1.54) is 0 Å². The smallest absolute Gasteiger partial charge is 0.237 e. The number of hydrogen-bond donors (Lipinski definition) is 2. The molecule has 0 bridgehead atoms. The minimum Gasteiger partial charge on any atom is -0.325 e. The van der Waals surface area contributed by atoms with E-state index in [1.54, 1.807) is 0 Å². The summed E-state index contributed by atoms with van der Waals surface area (Å²) in [5.74, 6) is 0.588. The number of carbonyl (C=O) groups is 1. The first kappa shape index (κ1) is 14.1. The average Bonchev–Trinajstić information content (AvgIpc) is 2.28. The molecular weight excluding hydrogens is 230 g/mol. The van der Waals surface area contributed by atoms with Crippen molar-refractivity contribution in [1.82, 2.24) is 0 Å². The lowest BCUT2D eigenvalue weighted by molar-refractivity contribution is -0.116. The first-order chi connectivity index (χ1) is 7.93. The minimum absolute atomic E-state index is 0.0311. The van der Waals surface area contributed by atoms with Crippen LogP contribution in [0.2, 0.25) is 0 Å². The van der Waals surface area contributed by atoms with Gasteiger partial charge in [-0.2, -0.15) is 12.6 Å². The van der Waals surface area contributed by atoms with Crippen molar-refractivity contribution in [3.05, 3.63) is 29.8 Å². The molecule has 0 aliphatic heterocycles. The number of benzene rings is 1. The molecule has 3 heteroatoms. The van der Waals surface area contributed by atoms with E-state index in [2.05, 4.69) is 31.8 Å². The molecule has 1 aromatic rings. The highest BCUT2D eigenvalue weighted by atomic mass is 32.1. The van der Waals surface area contributed by atoms with E-state index in [9.17, 15) is 4.79 Å². The third-order valence-electron chi connectivity index (χ3n) is 2.74. The van der Waals surface area contributed by atoms with Crippen molar-refractivity contribution in [2.24, 2.45) is 5.92 Å². The van der Waals surface area contributed by atoms with Crippen LogP contribution in [0.15, 0.2) is 24.3 Å². The Morgan fingerprint density at radius 2 is 1.76 bits per heavy atom. The average molecular weight is 251 g/mol. The summed E-state index contributed by atoms with van der Waals surface area (Å²) in [7, 11) is 0. The predicted molar refractivity (Wildman–Crippen MR) is 76.8 cm³/mol. The summed E-state index contributed by atoms with van der Waals surface area (Å²) in [6.07, 6.45) is 0. The van der Waals surface area contributed by atoms with Crippen LogP contribution in [-0.2, 0) is 4.79 Å².